The van der Waals surface area contributed by atoms with E-state index in [0.717, 1.165) is 25.3 Å². The Morgan fingerprint density at radius 2 is 1.93 bits per heavy atom. The van der Waals surface area contributed by atoms with Gasteiger partial charge in [-0.1, -0.05) is 49.6 Å². The topological polar surface area (TPSA) is 39.1 Å². The van der Waals surface area contributed by atoms with Crippen LogP contribution in [0.4, 0.5) is 0 Å². The van der Waals surface area contributed by atoms with Crippen molar-refractivity contribution in [2.45, 2.75) is 64.3 Å². The molecule has 0 radical (unpaired) electrons. The van der Waals surface area contributed by atoms with Crippen LogP contribution in [-0.2, 0) is 16.1 Å². The quantitative estimate of drug-likeness (QED) is 0.548. The molecule has 0 N–H and O–H groups in total. The number of rotatable bonds is 5. The molecule has 0 aliphatic heterocycles. The summed E-state index contributed by atoms with van der Waals surface area (Å²) in [5, 5.41) is 1.48. The minimum Gasteiger partial charge on any atom is -0.340 e. The van der Waals surface area contributed by atoms with E-state index in [-0.39, 0.29) is 6.15 Å². The van der Waals surface area contributed by atoms with E-state index in [4.69, 9.17) is 21.2 Å². The molecule has 1 heterocycles. The fourth-order valence-electron chi connectivity index (χ4n) is 4.71. The largest absolute Gasteiger partial charge is 0.373 e. The van der Waals surface area contributed by atoms with Gasteiger partial charge in [-0.15, -0.1) is 11.6 Å². The number of fused-ring (bicyclic) bond motifs is 1. The highest BCUT2D eigenvalue weighted by Crippen LogP contribution is 2.44. The Bertz CT molecular complexity index is 910. The lowest BCUT2D eigenvalue weighted by Crippen LogP contribution is -2.09. The third kappa shape index (κ3) is 4.32. The summed E-state index contributed by atoms with van der Waals surface area (Å²) >= 11 is 6.06. The number of aromatic nitrogens is 1. The Hall–Kier alpha value is -2.09. The molecule has 1 aromatic heterocycles. The van der Waals surface area contributed by atoms with Crippen LogP contribution in [0.15, 0.2) is 36.4 Å². The summed E-state index contributed by atoms with van der Waals surface area (Å²) in [5.74, 6) is 1.44. The van der Waals surface area contributed by atoms with Gasteiger partial charge in [0.2, 0.25) is 0 Å². The molecular weight excluding hydrogens is 370 g/mol. The third-order valence-corrected chi connectivity index (χ3v) is 6.13. The molecule has 0 unspecified atom stereocenters. The zero-order valence-electron chi connectivity index (χ0n) is 16.5. The van der Waals surface area contributed by atoms with Crippen molar-refractivity contribution in [3.63, 3.8) is 0 Å². The van der Waals surface area contributed by atoms with E-state index >= 15 is 0 Å². The summed E-state index contributed by atoms with van der Waals surface area (Å²) in [6.07, 6.45) is 16.0. The summed E-state index contributed by atoms with van der Waals surface area (Å²) < 4.78 is 2.58. The monoisotopic (exact) mass is 397 g/mol. The van der Waals surface area contributed by atoms with Gasteiger partial charge in [-0.05, 0) is 61.3 Å². The minimum absolute atomic E-state index is 0.250. The highest BCUT2D eigenvalue weighted by atomic mass is 35.5. The number of alkyl halides is 1. The van der Waals surface area contributed by atoms with E-state index in [1.54, 1.807) is 5.56 Å². The van der Waals surface area contributed by atoms with Crippen LogP contribution in [-0.4, -0.2) is 16.6 Å². The van der Waals surface area contributed by atoms with Gasteiger partial charge < -0.3 is 4.57 Å². The average molecular weight is 398 g/mol. The van der Waals surface area contributed by atoms with Gasteiger partial charge in [0.05, 0.1) is 0 Å². The molecule has 1 fully saturated rings. The van der Waals surface area contributed by atoms with Crippen LogP contribution < -0.4 is 0 Å². The fourth-order valence-corrected chi connectivity index (χ4v) is 4.83. The second-order valence-electron chi connectivity index (χ2n) is 7.72. The fraction of sp³-hybridized carbons (Fsp3) is 0.458. The second-order valence-corrected chi connectivity index (χ2v) is 8.10. The summed E-state index contributed by atoms with van der Waals surface area (Å²) in [6.45, 7) is 3.22. The Labute approximate surface area is 172 Å². The van der Waals surface area contributed by atoms with Gasteiger partial charge in [0.1, 0.15) is 0 Å². The van der Waals surface area contributed by atoms with E-state index in [2.05, 4.69) is 47.9 Å². The van der Waals surface area contributed by atoms with Crippen LogP contribution in [0.5, 0.6) is 0 Å². The Morgan fingerprint density at radius 1 is 1.18 bits per heavy atom. The number of hydrogen-bond donors (Lipinski definition) is 0. The molecule has 2 aromatic rings. The van der Waals surface area contributed by atoms with Crippen LogP contribution in [0.1, 0.15) is 67.7 Å². The molecule has 1 saturated carbocycles. The molecule has 4 rings (SSSR count). The highest BCUT2D eigenvalue weighted by molar-refractivity contribution is 6.17. The zero-order chi connectivity index (χ0) is 19.9. The maximum absolute atomic E-state index is 8.12. The number of benzene rings is 1. The normalized spacial score (nSPS) is 16.6. The Morgan fingerprint density at radius 3 is 2.57 bits per heavy atom. The molecule has 0 atom stereocenters. The van der Waals surface area contributed by atoms with Crippen LogP contribution >= 0.6 is 11.6 Å². The molecule has 0 bridgehead atoms. The van der Waals surface area contributed by atoms with Gasteiger partial charge in [0.25, 0.3) is 0 Å². The predicted molar refractivity (Wildman–Crippen MR) is 115 cm³/mol. The third-order valence-electron chi connectivity index (χ3n) is 5.86. The molecule has 2 aliphatic rings. The van der Waals surface area contributed by atoms with Crippen molar-refractivity contribution >= 4 is 34.2 Å². The first-order chi connectivity index (χ1) is 13.7. The lowest BCUT2D eigenvalue weighted by atomic mass is 9.81. The van der Waals surface area contributed by atoms with E-state index in [9.17, 15) is 0 Å². The lowest BCUT2D eigenvalue weighted by molar-refractivity contribution is -0.191. The smallest absolute Gasteiger partial charge is 0.340 e. The van der Waals surface area contributed by atoms with Crippen LogP contribution in [0.25, 0.3) is 16.5 Å². The van der Waals surface area contributed by atoms with Crippen molar-refractivity contribution in [3.05, 3.63) is 53.2 Å². The summed E-state index contributed by atoms with van der Waals surface area (Å²) in [6, 6.07) is 7.03. The SMILES string of the molecule is Cc1ccc2c(C3CCCCC3)c(C3=CC=CC3)n(CCCCl)c2c1.O=C=O. The molecule has 2 aliphatic carbocycles. The van der Waals surface area contributed by atoms with Crippen molar-refractivity contribution in [1.82, 2.24) is 4.57 Å². The van der Waals surface area contributed by atoms with Gasteiger partial charge in [0, 0.05) is 29.0 Å². The summed E-state index contributed by atoms with van der Waals surface area (Å²) in [5.41, 5.74) is 7.37. The maximum atomic E-state index is 8.12. The lowest BCUT2D eigenvalue weighted by Gasteiger charge is -2.24. The Kier molecular flexibility index (Phi) is 7.30. The van der Waals surface area contributed by atoms with Crippen molar-refractivity contribution in [1.29, 1.82) is 0 Å². The van der Waals surface area contributed by atoms with E-state index < -0.39 is 0 Å². The van der Waals surface area contributed by atoms with E-state index in [1.165, 1.54) is 59.8 Å². The van der Waals surface area contributed by atoms with Crippen molar-refractivity contribution < 1.29 is 9.59 Å². The van der Waals surface area contributed by atoms with E-state index in [0.29, 0.717) is 5.92 Å². The van der Waals surface area contributed by atoms with Gasteiger partial charge in [-0.3, -0.25) is 0 Å². The number of aryl methyl sites for hydroxylation is 2. The minimum atomic E-state index is 0.250. The standard InChI is InChI=1S/C23H28ClN.CO2/c1-17-12-13-20-21(16-17)25(15-7-14-24)23(19-10-5-6-11-19)22(20)18-8-3-2-4-9-18;2-1-3/h5-6,10,12-13,16,18H,2-4,7-9,11,14-15H2,1H3;. The van der Waals surface area contributed by atoms with Crippen LogP contribution in [0.3, 0.4) is 0 Å². The van der Waals surface area contributed by atoms with Crippen molar-refractivity contribution in [2.24, 2.45) is 0 Å². The molecule has 0 saturated heterocycles. The van der Waals surface area contributed by atoms with Gasteiger partial charge in [0.15, 0.2) is 0 Å². The molecule has 3 nitrogen and oxygen atoms in total. The molecule has 4 heteroatoms. The number of hydrogen-bond acceptors (Lipinski definition) is 2. The molecule has 0 amide bonds. The second kappa shape index (κ2) is 9.91. The number of nitrogens with zero attached hydrogens (tertiary/aromatic N) is 1. The first-order valence-electron chi connectivity index (χ1n) is 10.2. The number of carbonyl (C=O) groups excluding carboxylic acids is 2. The zero-order valence-corrected chi connectivity index (χ0v) is 17.3. The van der Waals surface area contributed by atoms with E-state index in [1.807, 2.05) is 0 Å². The summed E-state index contributed by atoms with van der Waals surface area (Å²) in [7, 11) is 0. The first-order valence-corrected chi connectivity index (χ1v) is 10.8. The molecule has 1 aromatic carbocycles. The van der Waals surface area contributed by atoms with Crippen molar-refractivity contribution in [3.8, 4) is 0 Å². The molecule has 28 heavy (non-hydrogen) atoms. The Balaban J connectivity index is 0.000000706. The highest BCUT2D eigenvalue weighted by Gasteiger charge is 2.27. The van der Waals surface area contributed by atoms with Gasteiger partial charge >= 0.3 is 6.15 Å². The molecule has 0 spiro atoms. The van der Waals surface area contributed by atoms with Gasteiger partial charge in [-0.2, -0.15) is 9.59 Å². The molecular formula is C24H28ClNO2. The van der Waals surface area contributed by atoms with Crippen LogP contribution in [0, 0.1) is 6.92 Å². The van der Waals surface area contributed by atoms with Gasteiger partial charge in [-0.25, -0.2) is 0 Å². The number of allylic oxidation sites excluding steroid dienone is 4. The average Bonchev–Trinajstić information content (AvgIpc) is 3.33. The molecule has 148 valence electrons. The summed E-state index contributed by atoms with van der Waals surface area (Å²) in [4.78, 5) is 16.2. The van der Waals surface area contributed by atoms with Crippen LogP contribution in [0.2, 0.25) is 0 Å². The maximum Gasteiger partial charge on any atom is 0.373 e. The van der Waals surface area contributed by atoms with Crippen molar-refractivity contribution in [2.75, 3.05) is 5.88 Å². The number of halogens is 1. The predicted octanol–water partition coefficient (Wildman–Crippen LogP) is 6.39. The first kappa shape index (κ1) is 20.6.